The molecule has 6 heteroatoms. The Morgan fingerprint density at radius 3 is 2.44 bits per heavy atom. The fourth-order valence-electron chi connectivity index (χ4n) is 2.31. The molecular formula is C21H19N3O2S. The van der Waals surface area contributed by atoms with Crippen LogP contribution in [0.5, 0.6) is 17.2 Å². The molecule has 2 N–H and O–H groups in total. The van der Waals surface area contributed by atoms with Crippen LogP contribution in [0.25, 0.3) is 0 Å². The van der Waals surface area contributed by atoms with Gasteiger partial charge in [0.15, 0.2) is 5.11 Å². The highest BCUT2D eigenvalue weighted by Crippen LogP contribution is 2.21. The quantitative estimate of drug-likeness (QED) is 0.367. The van der Waals surface area contributed by atoms with Crippen LogP contribution in [0.1, 0.15) is 5.56 Å². The standard InChI is InChI=1S/C21H19N3O2S/c1-25-19-11-6-8-17(14-19)23-21(27)24-22-15-16-7-5-12-20(13-16)26-18-9-3-2-4-10-18/h2-15H,1H3,(H2,23,24,27)/b22-15+. The molecule has 0 amide bonds. The van der Waals surface area contributed by atoms with Crippen LogP contribution in [0.4, 0.5) is 5.69 Å². The predicted octanol–water partition coefficient (Wildman–Crippen LogP) is 4.81. The van der Waals surface area contributed by atoms with Gasteiger partial charge < -0.3 is 14.8 Å². The second-order valence-corrected chi connectivity index (χ2v) is 5.95. The van der Waals surface area contributed by atoms with Crippen LogP contribution in [0.2, 0.25) is 0 Å². The Morgan fingerprint density at radius 2 is 1.63 bits per heavy atom. The molecule has 3 aromatic carbocycles. The van der Waals surface area contributed by atoms with Crippen LogP contribution >= 0.6 is 12.2 Å². The summed E-state index contributed by atoms with van der Waals surface area (Å²) >= 11 is 5.24. The molecule has 0 bridgehead atoms. The van der Waals surface area contributed by atoms with Gasteiger partial charge in [-0.2, -0.15) is 5.10 Å². The van der Waals surface area contributed by atoms with Crippen molar-refractivity contribution >= 4 is 29.2 Å². The first-order valence-electron chi connectivity index (χ1n) is 8.30. The molecule has 0 heterocycles. The largest absolute Gasteiger partial charge is 0.497 e. The highest BCUT2D eigenvalue weighted by atomic mass is 32.1. The molecule has 0 aliphatic heterocycles. The van der Waals surface area contributed by atoms with Gasteiger partial charge in [-0.25, -0.2) is 0 Å². The Morgan fingerprint density at radius 1 is 0.889 bits per heavy atom. The Labute approximate surface area is 163 Å². The maximum absolute atomic E-state index is 5.82. The molecule has 0 atom stereocenters. The lowest BCUT2D eigenvalue weighted by atomic mass is 10.2. The van der Waals surface area contributed by atoms with Crippen molar-refractivity contribution in [2.24, 2.45) is 5.10 Å². The predicted molar refractivity (Wildman–Crippen MR) is 113 cm³/mol. The number of thiocarbonyl (C=S) groups is 1. The molecule has 0 fully saturated rings. The second-order valence-electron chi connectivity index (χ2n) is 5.54. The maximum atomic E-state index is 5.82. The Bertz CT molecular complexity index is 929. The summed E-state index contributed by atoms with van der Waals surface area (Å²) in [4.78, 5) is 0. The lowest BCUT2D eigenvalue weighted by molar-refractivity contribution is 0.415. The number of methoxy groups -OCH3 is 1. The van der Waals surface area contributed by atoms with E-state index in [0.29, 0.717) is 5.11 Å². The van der Waals surface area contributed by atoms with Gasteiger partial charge in [-0.3, -0.25) is 5.43 Å². The molecule has 27 heavy (non-hydrogen) atoms. The minimum atomic E-state index is 0.385. The molecule has 0 saturated heterocycles. The van der Waals surface area contributed by atoms with E-state index in [0.717, 1.165) is 28.5 Å². The van der Waals surface area contributed by atoms with Crippen molar-refractivity contribution in [3.05, 3.63) is 84.4 Å². The van der Waals surface area contributed by atoms with E-state index >= 15 is 0 Å². The van der Waals surface area contributed by atoms with Crippen molar-refractivity contribution in [3.63, 3.8) is 0 Å². The minimum Gasteiger partial charge on any atom is -0.497 e. The lowest BCUT2D eigenvalue weighted by Gasteiger charge is -2.08. The van der Waals surface area contributed by atoms with Gasteiger partial charge in [-0.15, -0.1) is 0 Å². The number of nitrogens with one attached hydrogen (secondary N) is 2. The zero-order valence-corrected chi connectivity index (χ0v) is 15.6. The summed E-state index contributed by atoms with van der Waals surface area (Å²) in [5, 5.41) is 7.60. The topological polar surface area (TPSA) is 54.9 Å². The molecule has 0 unspecified atom stereocenters. The third kappa shape index (κ3) is 5.83. The minimum absolute atomic E-state index is 0.385. The van der Waals surface area contributed by atoms with Gasteiger partial charge in [-0.1, -0.05) is 36.4 Å². The zero-order chi connectivity index (χ0) is 18.9. The first kappa shape index (κ1) is 18.4. The van der Waals surface area contributed by atoms with Gasteiger partial charge in [0.1, 0.15) is 17.2 Å². The number of anilines is 1. The van der Waals surface area contributed by atoms with E-state index in [2.05, 4.69) is 15.8 Å². The molecule has 0 saturated carbocycles. The van der Waals surface area contributed by atoms with Gasteiger partial charge in [0.25, 0.3) is 0 Å². The first-order valence-corrected chi connectivity index (χ1v) is 8.71. The summed E-state index contributed by atoms with van der Waals surface area (Å²) in [6.45, 7) is 0. The number of benzene rings is 3. The number of para-hydroxylation sites is 1. The normalized spacial score (nSPS) is 10.4. The second kappa shape index (κ2) is 9.35. The van der Waals surface area contributed by atoms with E-state index in [4.69, 9.17) is 21.7 Å². The summed E-state index contributed by atoms with van der Waals surface area (Å²) in [5.41, 5.74) is 4.50. The van der Waals surface area contributed by atoms with Crippen molar-refractivity contribution in [2.45, 2.75) is 0 Å². The van der Waals surface area contributed by atoms with Gasteiger partial charge in [-0.05, 0) is 54.2 Å². The van der Waals surface area contributed by atoms with Gasteiger partial charge in [0, 0.05) is 11.8 Å². The molecular weight excluding hydrogens is 358 g/mol. The van der Waals surface area contributed by atoms with Crippen LogP contribution in [-0.2, 0) is 0 Å². The molecule has 0 aromatic heterocycles. The lowest BCUT2D eigenvalue weighted by Crippen LogP contribution is -2.23. The highest BCUT2D eigenvalue weighted by molar-refractivity contribution is 7.80. The average Bonchev–Trinajstić information content (AvgIpc) is 2.69. The van der Waals surface area contributed by atoms with Crippen molar-refractivity contribution in [2.75, 3.05) is 12.4 Å². The van der Waals surface area contributed by atoms with E-state index < -0.39 is 0 Å². The summed E-state index contributed by atoms with van der Waals surface area (Å²) in [6.07, 6.45) is 1.68. The Balaban J connectivity index is 1.56. The van der Waals surface area contributed by atoms with Crippen LogP contribution in [0, 0.1) is 0 Å². The number of hydrogen-bond donors (Lipinski definition) is 2. The molecule has 5 nitrogen and oxygen atoms in total. The van der Waals surface area contributed by atoms with Crippen LogP contribution in [0.3, 0.4) is 0 Å². The number of ether oxygens (including phenoxy) is 2. The van der Waals surface area contributed by atoms with Gasteiger partial charge in [0.2, 0.25) is 0 Å². The van der Waals surface area contributed by atoms with Crippen LogP contribution < -0.4 is 20.2 Å². The van der Waals surface area contributed by atoms with E-state index in [1.807, 2.05) is 78.9 Å². The molecule has 3 rings (SSSR count). The van der Waals surface area contributed by atoms with Crippen LogP contribution in [0.15, 0.2) is 84.0 Å². The SMILES string of the molecule is COc1cccc(NC(=S)N/N=C/c2cccc(Oc3ccccc3)c2)c1. The Hall–Kier alpha value is -3.38. The van der Waals surface area contributed by atoms with E-state index in [9.17, 15) is 0 Å². The fraction of sp³-hybridized carbons (Fsp3) is 0.0476. The first-order chi connectivity index (χ1) is 13.2. The molecule has 0 radical (unpaired) electrons. The molecule has 0 aliphatic rings. The number of hydrazone groups is 1. The monoisotopic (exact) mass is 377 g/mol. The smallest absolute Gasteiger partial charge is 0.191 e. The molecule has 136 valence electrons. The molecule has 0 spiro atoms. The van der Waals surface area contributed by atoms with Crippen molar-refractivity contribution in [1.82, 2.24) is 5.43 Å². The van der Waals surface area contributed by atoms with Gasteiger partial charge in [0.05, 0.1) is 13.3 Å². The molecule has 0 aliphatic carbocycles. The average molecular weight is 377 g/mol. The number of nitrogens with zero attached hydrogens (tertiary/aromatic N) is 1. The van der Waals surface area contributed by atoms with E-state index in [-0.39, 0.29) is 0 Å². The third-order valence-electron chi connectivity index (χ3n) is 3.54. The highest BCUT2D eigenvalue weighted by Gasteiger charge is 1.99. The summed E-state index contributed by atoms with van der Waals surface area (Å²) in [5.74, 6) is 2.28. The van der Waals surface area contributed by atoms with E-state index in [1.54, 1.807) is 13.3 Å². The van der Waals surface area contributed by atoms with Crippen LogP contribution in [-0.4, -0.2) is 18.4 Å². The van der Waals surface area contributed by atoms with Crippen molar-refractivity contribution in [3.8, 4) is 17.2 Å². The third-order valence-corrected chi connectivity index (χ3v) is 3.74. The summed E-state index contributed by atoms with van der Waals surface area (Å²) in [6, 6.07) is 24.8. The van der Waals surface area contributed by atoms with E-state index in [1.165, 1.54) is 0 Å². The fourth-order valence-corrected chi connectivity index (χ4v) is 2.48. The Kier molecular flexibility index (Phi) is 6.38. The van der Waals surface area contributed by atoms with Gasteiger partial charge >= 0.3 is 0 Å². The van der Waals surface area contributed by atoms with Crippen molar-refractivity contribution < 1.29 is 9.47 Å². The summed E-state index contributed by atoms with van der Waals surface area (Å²) < 4.78 is 11.0. The van der Waals surface area contributed by atoms with Crippen molar-refractivity contribution in [1.29, 1.82) is 0 Å². The molecule has 3 aromatic rings. The number of hydrogen-bond acceptors (Lipinski definition) is 4. The zero-order valence-electron chi connectivity index (χ0n) is 14.8. The summed E-state index contributed by atoms with van der Waals surface area (Å²) in [7, 11) is 1.62. The maximum Gasteiger partial charge on any atom is 0.191 e. The number of rotatable bonds is 6.